The Balaban J connectivity index is 1.97. The van der Waals surface area contributed by atoms with Gasteiger partial charge in [-0.1, -0.05) is 6.07 Å². The Bertz CT molecular complexity index is 385. The highest BCUT2D eigenvalue weighted by atomic mass is 16.7. The summed E-state index contributed by atoms with van der Waals surface area (Å²) in [6.07, 6.45) is 2.42. The molecule has 1 aliphatic carbocycles. The van der Waals surface area contributed by atoms with Crippen LogP contribution in [0.3, 0.4) is 0 Å². The summed E-state index contributed by atoms with van der Waals surface area (Å²) in [5, 5.41) is 0. The Morgan fingerprint density at radius 2 is 2.20 bits per heavy atom. The van der Waals surface area contributed by atoms with Gasteiger partial charge in [-0.15, -0.1) is 0 Å². The Morgan fingerprint density at radius 3 is 2.93 bits per heavy atom. The topological polar surface area (TPSA) is 44.5 Å². The highest BCUT2D eigenvalue weighted by molar-refractivity contribution is 5.42. The third-order valence-corrected chi connectivity index (χ3v) is 3.47. The van der Waals surface area contributed by atoms with Gasteiger partial charge in [-0.2, -0.15) is 0 Å². The van der Waals surface area contributed by atoms with Crippen molar-refractivity contribution < 1.29 is 9.47 Å². The molecule has 3 nitrogen and oxygen atoms in total. The van der Waals surface area contributed by atoms with E-state index in [0.29, 0.717) is 13.4 Å². The molecule has 15 heavy (non-hydrogen) atoms. The van der Waals surface area contributed by atoms with Crippen LogP contribution in [0.25, 0.3) is 0 Å². The van der Waals surface area contributed by atoms with Crippen molar-refractivity contribution in [3.8, 4) is 5.75 Å². The summed E-state index contributed by atoms with van der Waals surface area (Å²) in [6, 6.07) is 6.38. The van der Waals surface area contributed by atoms with Crippen LogP contribution in [0.4, 0.5) is 0 Å². The number of rotatable bonds is 2. The molecule has 1 aromatic carbocycles. The number of hydrogen-bond donors (Lipinski definition) is 1. The van der Waals surface area contributed by atoms with E-state index < -0.39 is 0 Å². The molecule has 0 saturated heterocycles. The van der Waals surface area contributed by atoms with Gasteiger partial charge in [0.1, 0.15) is 5.75 Å². The molecule has 0 bridgehead atoms. The number of benzene rings is 1. The fraction of sp³-hybridized carbons (Fsp3) is 0.500. The van der Waals surface area contributed by atoms with Crippen LogP contribution >= 0.6 is 0 Å². The molecule has 1 saturated carbocycles. The van der Waals surface area contributed by atoms with Gasteiger partial charge in [0.25, 0.3) is 0 Å². The Hall–Kier alpha value is -1.06. The van der Waals surface area contributed by atoms with Gasteiger partial charge in [0.2, 0.25) is 0 Å². The first-order chi connectivity index (χ1) is 7.34. The van der Waals surface area contributed by atoms with Crippen LogP contribution < -0.4 is 10.5 Å². The van der Waals surface area contributed by atoms with Gasteiger partial charge < -0.3 is 15.2 Å². The molecule has 1 heterocycles. The minimum absolute atomic E-state index is 0.256. The molecule has 1 fully saturated rings. The standard InChI is InChI=1S/C12H15NO2/c13-7-12(3-4-12)10-1-2-11-9(5-10)6-14-8-15-11/h1-2,5H,3-4,6-8,13H2. The molecule has 0 spiro atoms. The maximum absolute atomic E-state index is 5.81. The zero-order chi connectivity index (χ0) is 10.3. The second kappa shape index (κ2) is 3.22. The molecule has 3 heteroatoms. The summed E-state index contributed by atoms with van der Waals surface area (Å²) in [5.41, 5.74) is 8.57. The van der Waals surface area contributed by atoms with Crippen molar-refractivity contribution in [2.75, 3.05) is 13.3 Å². The van der Waals surface area contributed by atoms with Crippen LogP contribution in [0.2, 0.25) is 0 Å². The van der Waals surface area contributed by atoms with Crippen molar-refractivity contribution in [3.63, 3.8) is 0 Å². The van der Waals surface area contributed by atoms with Crippen molar-refractivity contribution in [1.82, 2.24) is 0 Å². The number of fused-ring (bicyclic) bond motifs is 1. The fourth-order valence-electron chi connectivity index (χ4n) is 2.18. The lowest BCUT2D eigenvalue weighted by Gasteiger charge is -2.20. The molecule has 0 unspecified atom stereocenters. The summed E-state index contributed by atoms with van der Waals surface area (Å²) in [7, 11) is 0. The normalized spacial score (nSPS) is 21.7. The predicted molar refractivity (Wildman–Crippen MR) is 56.7 cm³/mol. The average Bonchev–Trinajstić information content (AvgIpc) is 3.09. The van der Waals surface area contributed by atoms with Crippen LogP contribution in [0.1, 0.15) is 24.0 Å². The molecular formula is C12H15NO2. The molecule has 0 aromatic heterocycles. The highest BCUT2D eigenvalue weighted by Crippen LogP contribution is 2.48. The van der Waals surface area contributed by atoms with Crippen LogP contribution in [0.5, 0.6) is 5.75 Å². The molecular weight excluding hydrogens is 190 g/mol. The Morgan fingerprint density at radius 1 is 1.33 bits per heavy atom. The lowest BCUT2D eigenvalue weighted by molar-refractivity contribution is -0.0164. The second-order valence-corrected chi connectivity index (χ2v) is 4.42. The summed E-state index contributed by atoms with van der Waals surface area (Å²) in [4.78, 5) is 0. The van der Waals surface area contributed by atoms with E-state index in [4.69, 9.17) is 15.2 Å². The van der Waals surface area contributed by atoms with Gasteiger partial charge >= 0.3 is 0 Å². The summed E-state index contributed by atoms with van der Waals surface area (Å²) in [5.74, 6) is 0.956. The third kappa shape index (κ3) is 1.43. The third-order valence-electron chi connectivity index (χ3n) is 3.47. The predicted octanol–water partition coefficient (Wildman–Crippen LogP) is 1.54. The molecule has 80 valence electrons. The molecule has 0 amide bonds. The molecule has 2 N–H and O–H groups in total. The first kappa shape index (κ1) is 9.19. The van der Waals surface area contributed by atoms with Crippen molar-refractivity contribution >= 4 is 0 Å². The monoisotopic (exact) mass is 205 g/mol. The van der Waals surface area contributed by atoms with E-state index in [1.54, 1.807) is 0 Å². The summed E-state index contributed by atoms with van der Waals surface area (Å²) >= 11 is 0. The molecule has 0 radical (unpaired) electrons. The first-order valence-corrected chi connectivity index (χ1v) is 5.38. The van der Waals surface area contributed by atoms with Gasteiger partial charge in [-0.05, 0) is 30.5 Å². The van der Waals surface area contributed by atoms with E-state index in [0.717, 1.165) is 17.9 Å². The van der Waals surface area contributed by atoms with Gasteiger partial charge in [0.05, 0.1) is 6.61 Å². The lowest BCUT2D eigenvalue weighted by atomic mass is 9.94. The van der Waals surface area contributed by atoms with Crippen molar-refractivity contribution in [2.24, 2.45) is 5.73 Å². The largest absolute Gasteiger partial charge is 0.467 e. The van der Waals surface area contributed by atoms with Crippen molar-refractivity contribution in [3.05, 3.63) is 29.3 Å². The molecule has 3 rings (SSSR count). The van der Waals surface area contributed by atoms with Crippen molar-refractivity contribution in [1.29, 1.82) is 0 Å². The Kier molecular flexibility index (Phi) is 1.97. The van der Waals surface area contributed by atoms with Gasteiger partial charge in [-0.25, -0.2) is 0 Å². The van der Waals surface area contributed by atoms with E-state index in [1.165, 1.54) is 18.4 Å². The Labute approximate surface area is 89.2 Å². The van der Waals surface area contributed by atoms with Crippen molar-refractivity contribution in [2.45, 2.75) is 24.9 Å². The van der Waals surface area contributed by atoms with Crippen LogP contribution in [0.15, 0.2) is 18.2 Å². The number of hydrogen-bond acceptors (Lipinski definition) is 3. The fourth-order valence-corrected chi connectivity index (χ4v) is 2.18. The van der Waals surface area contributed by atoms with E-state index in [9.17, 15) is 0 Å². The van der Waals surface area contributed by atoms with Gasteiger partial charge in [0, 0.05) is 17.5 Å². The highest BCUT2D eigenvalue weighted by Gasteiger charge is 2.43. The lowest BCUT2D eigenvalue weighted by Crippen LogP contribution is -2.20. The van der Waals surface area contributed by atoms with Crippen LogP contribution in [0, 0.1) is 0 Å². The van der Waals surface area contributed by atoms with E-state index in [2.05, 4.69) is 12.1 Å². The second-order valence-electron chi connectivity index (χ2n) is 4.42. The summed E-state index contributed by atoms with van der Waals surface area (Å²) < 4.78 is 10.7. The quantitative estimate of drug-likeness (QED) is 0.796. The molecule has 1 aromatic rings. The maximum atomic E-state index is 5.81. The number of nitrogens with two attached hydrogens (primary N) is 1. The molecule has 1 aliphatic heterocycles. The smallest absolute Gasteiger partial charge is 0.189 e. The van der Waals surface area contributed by atoms with Gasteiger partial charge in [-0.3, -0.25) is 0 Å². The SMILES string of the molecule is NCC1(c2ccc3c(c2)COCO3)CC1. The maximum Gasteiger partial charge on any atom is 0.189 e. The molecule has 2 aliphatic rings. The van der Waals surface area contributed by atoms with Crippen LogP contribution in [-0.4, -0.2) is 13.3 Å². The van der Waals surface area contributed by atoms with E-state index >= 15 is 0 Å². The molecule has 0 atom stereocenters. The number of ether oxygens (including phenoxy) is 2. The van der Waals surface area contributed by atoms with Gasteiger partial charge in [0.15, 0.2) is 6.79 Å². The van der Waals surface area contributed by atoms with Crippen LogP contribution in [-0.2, 0) is 16.8 Å². The minimum Gasteiger partial charge on any atom is -0.467 e. The zero-order valence-electron chi connectivity index (χ0n) is 8.66. The summed E-state index contributed by atoms with van der Waals surface area (Å²) in [6.45, 7) is 1.77. The first-order valence-electron chi connectivity index (χ1n) is 5.38. The minimum atomic E-state index is 0.256. The van der Waals surface area contributed by atoms with E-state index in [1.807, 2.05) is 6.07 Å². The van der Waals surface area contributed by atoms with E-state index in [-0.39, 0.29) is 5.41 Å². The average molecular weight is 205 g/mol. The zero-order valence-corrected chi connectivity index (χ0v) is 8.66.